The van der Waals surface area contributed by atoms with Crippen LogP contribution in [-0.2, 0) is 0 Å². The summed E-state index contributed by atoms with van der Waals surface area (Å²) in [4.78, 5) is 14.6. The van der Waals surface area contributed by atoms with Crippen molar-refractivity contribution in [3.8, 4) is 0 Å². The van der Waals surface area contributed by atoms with E-state index in [9.17, 15) is 4.79 Å². The lowest BCUT2D eigenvalue weighted by atomic mass is 9.94. The summed E-state index contributed by atoms with van der Waals surface area (Å²) >= 11 is 0. The second-order valence-electron chi connectivity index (χ2n) is 5.85. The van der Waals surface area contributed by atoms with E-state index in [0.717, 1.165) is 25.6 Å². The summed E-state index contributed by atoms with van der Waals surface area (Å²) in [5.41, 5.74) is 0.406. The summed E-state index contributed by atoms with van der Waals surface area (Å²) in [6.07, 6.45) is 9.38. The Bertz CT molecular complexity index is 444. The van der Waals surface area contributed by atoms with E-state index in [4.69, 9.17) is 0 Å². The van der Waals surface area contributed by atoms with E-state index in [-0.39, 0.29) is 11.9 Å². The number of nitrogens with zero attached hydrogens (tertiary/aromatic N) is 3. The number of amides is 1. The van der Waals surface area contributed by atoms with Gasteiger partial charge in [-0.1, -0.05) is 19.3 Å². The van der Waals surface area contributed by atoms with E-state index in [1.807, 2.05) is 0 Å². The Hall–Kier alpha value is -1.49. The molecule has 1 saturated heterocycles. The van der Waals surface area contributed by atoms with Crippen LogP contribution in [0.2, 0.25) is 0 Å². The highest BCUT2D eigenvalue weighted by Gasteiger charge is 2.30. The van der Waals surface area contributed by atoms with Crippen LogP contribution in [0.15, 0.2) is 18.3 Å². The fourth-order valence-corrected chi connectivity index (χ4v) is 3.36. The molecule has 1 aromatic rings. The van der Waals surface area contributed by atoms with Crippen molar-refractivity contribution in [1.82, 2.24) is 20.4 Å². The molecule has 1 aliphatic heterocycles. The maximum absolute atomic E-state index is 12.1. The average Bonchev–Trinajstić information content (AvgIpc) is 2.97. The number of aromatic nitrogens is 2. The molecule has 108 valence electrons. The van der Waals surface area contributed by atoms with Crippen molar-refractivity contribution in [2.24, 2.45) is 0 Å². The smallest absolute Gasteiger partial charge is 0.272 e. The van der Waals surface area contributed by atoms with Crippen molar-refractivity contribution in [2.75, 3.05) is 13.1 Å². The van der Waals surface area contributed by atoms with E-state index >= 15 is 0 Å². The molecule has 2 heterocycles. The molecule has 0 unspecified atom stereocenters. The van der Waals surface area contributed by atoms with Crippen molar-refractivity contribution in [3.05, 3.63) is 24.0 Å². The van der Waals surface area contributed by atoms with Gasteiger partial charge >= 0.3 is 0 Å². The first kappa shape index (κ1) is 13.5. The lowest BCUT2D eigenvalue weighted by Gasteiger charge is -2.31. The summed E-state index contributed by atoms with van der Waals surface area (Å²) in [7, 11) is 0. The standard InChI is InChI=1S/C15H22N4O/c20-15(14-7-4-9-16-18-14)17-12-8-10-19(11-12)13-5-2-1-3-6-13/h4,7,9,12-13H,1-3,5-6,8,10-11H2,(H,17,20)/t12-/m0/s1. The minimum absolute atomic E-state index is 0.103. The van der Waals surface area contributed by atoms with E-state index in [1.54, 1.807) is 18.3 Å². The molecular weight excluding hydrogens is 252 g/mol. The van der Waals surface area contributed by atoms with Gasteiger partial charge in [0.25, 0.3) is 5.91 Å². The van der Waals surface area contributed by atoms with Crippen LogP contribution in [0.4, 0.5) is 0 Å². The van der Waals surface area contributed by atoms with Crippen LogP contribution in [0.3, 0.4) is 0 Å². The monoisotopic (exact) mass is 274 g/mol. The molecule has 2 aliphatic rings. The van der Waals surface area contributed by atoms with Gasteiger partial charge in [-0.05, 0) is 31.4 Å². The highest BCUT2D eigenvalue weighted by Crippen LogP contribution is 2.25. The average molecular weight is 274 g/mol. The number of carbonyl (C=O) groups excluding carboxylic acids is 1. The van der Waals surface area contributed by atoms with Gasteiger partial charge in [0.1, 0.15) is 0 Å². The van der Waals surface area contributed by atoms with Crippen molar-refractivity contribution < 1.29 is 4.79 Å². The first-order chi connectivity index (χ1) is 9.83. The summed E-state index contributed by atoms with van der Waals surface area (Å²) in [6, 6.07) is 4.44. The number of likely N-dealkylation sites (tertiary alicyclic amines) is 1. The summed E-state index contributed by atoms with van der Waals surface area (Å²) in [5.74, 6) is -0.103. The number of hydrogen-bond donors (Lipinski definition) is 1. The van der Waals surface area contributed by atoms with Crippen molar-refractivity contribution >= 4 is 5.91 Å². The van der Waals surface area contributed by atoms with E-state index in [1.165, 1.54) is 32.1 Å². The Kier molecular flexibility index (Phi) is 4.25. The zero-order valence-corrected chi connectivity index (χ0v) is 11.8. The molecule has 1 N–H and O–H groups in total. The third-order valence-electron chi connectivity index (χ3n) is 4.45. The van der Waals surface area contributed by atoms with E-state index in [0.29, 0.717) is 5.69 Å². The fourth-order valence-electron chi connectivity index (χ4n) is 3.36. The zero-order valence-electron chi connectivity index (χ0n) is 11.8. The molecule has 5 heteroatoms. The number of nitrogens with one attached hydrogen (secondary N) is 1. The van der Waals surface area contributed by atoms with Crippen LogP contribution >= 0.6 is 0 Å². The fraction of sp³-hybridized carbons (Fsp3) is 0.667. The summed E-state index contributed by atoms with van der Waals surface area (Å²) < 4.78 is 0. The van der Waals surface area contributed by atoms with Crippen molar-refractivity contribution in [1.29, 1.82) is 0 Å². The van der Waals surface area contributed by atoms with Crippen LogP contribution in [-0.4, -0.2) is 46.2 Å². The second-order valence-corrected chi connectivity index (χ2v) is 5.85. The van der Waals surface area contributed by atoms with Crippen LogP contribution in [0.1, 0.15) is 49.0 Å². The maximum Gasteiger partial charge on any atom is 0.272 e. The predicted molar refractivity (Wildman–Crippen MR) is 76.3 cm³/mol. The molecule has 0 aromatic carbocycles. The zero-order chi connectivity index (χ0) is 13.8. The van der Waals surface area contributed by atoms with Crippen LogP contribution in [0.5, 0.6) is 0 Å². The molecule has 0 bridgehead atoms. The third kappa shape index (κ3) is 3.15. The van der Waals surface area contributed by atoms with Crippen LogP contribution < -0.4 is 5.32 Å². The Balaban J connectivity index is 1.51. The molecule has 1 aliphatic carbocycles. The highest BCUT2D eigenvalue weighted by atomic mass is 16.2. The number of hydrogen-bond acceptors (Lipinski definition) is 4. The Morgan fingerprint density at radius 3 is 2.85 bits per heavy atom. The maximum atomic E-state index is 12.1. The van der Waals surface area contributed by atoms with Gasteiger partial charge in [0.2, 0.25) is 0 Å². The molecule has 1 amide bonds. The largest absolute Gasteiger partial charge is 0.347 e. The van der Waals surface area contributed by atoms with Crippen LogP contribution in [0, 0.1) is 0 Å². The van der Waals surface area contributed by atoms with Gasteiger partial charge in [-0.3, -0.25) is 9.69 Å². The first-order valence-electron chi connectivity index (χ1n) is 7.65. The predicted octanol–water partition coefficient (Wildman–Crippen LogP) is 1.61. The molecule has 0 radical (unpaired) electrons. The minimum atomic E-state index is -0.103. The SMILES string of the molecule is O=C(N[C@H]1CCN(C2CCCCC2)C1)c1cccnn1. The van der Waals surface area contributed by atoms with Crippen molar-refractivity contribution in [3.63, 3.8) is 0 Å². The molecule has 0 spiro atoms. The van der Waals surface area contributed by atoms with Gasteiger partial charge in [-0.25, -0.2) is 0 Å². The van der Waals surface area contributed by atoms with Gasteiger partial charge < -0.3 is 5.32 Å². The molecule has 1 saturated carbocycles. The second kappa shape index (κ2) is 6.31. The van der Waals surface area contributed by atoms with Gasteiger partial charge in [-0.15, -0.1) is 5.10 Å². The lowest BCUT2D eigenvalue weighted by Crippen LogP contribution is -2.40. The molecule has 20 heavy (non-hydrogen) atoms. The first-order valence-corrected chi connectivity index (χ1v) is 7.65. The Labute approximate surface area is 119 Å². The van der Waals surface area contributed by atoms with Gasteiger partial charge in [-0.2, -0.15) is 5.10 Å². The summed E-state index contributed by atoms with van der Waals surface area (Å²) in [5, 5.41) is 10.7. The van der Waals surface area contributed by atoms with Crippen molar-refractivity contribution in [2.45, 2.75) is 50.6 Å². The molecular formula is C15H22N4O. The van der Waals surface area contributed by atoms with Gasteiger partial charge in [0.15, 0.2) is 5.69 Å². The third-order valence-corrected chi connectivity index (χ3v) is 4.45. The number of carbonyl (C=O) groups is 1. The van der Waals surface area contributed by atoms with E-state index < -0.39 is 0 Å². The molecule has 1 aromatic heterocycles. The van der Waals surface area contributed by atoms with Gasteiger partial charge in [0, 0.05) is 31.4 Å². The summed E-state index contributed by atoms with van der Waals surface area (Å²) in [6.45, 7) is 2.09. The lowest BCUT2D eigenvalue weighted by molar-refractivity contribution is 0.0928. The quantitative estimate of drug-likeness (QED) is 0.910. The highest BCUT2D eigenvalue weighted by molar-refractivity contribution is 5.92. The topological polar surface area (TPSA) is 58.1 Å². The normalized spacial score (nSPS) is 24.7. The van der Waals surface area contributed by atoms with E-state index in [2.05, 4.69) is 20.4 Å². The molecule has 3 rings (SSSR count). The molecule has 5 nitrogen and oxygen atoms in total. The Morgan fingerprint density at radius 1 is 1.25 bits per heavy atom. The number of rotatable bonds is 3. The molecule has 2 fully saturated rings. The minimum Gasteiger partial charge on any atom is -0.347 e. The molecule has 1 atom stereocenters. The Morgan fingerprint density at radius 2 is 2.10 bits per heavy atom. The van der Waals surface area contributed by atoms with Crippen LogP contribution in [0.25, 0.3) is 0 Å². The van der Waals surface area contributed by atoms with Gasteiger partial charge in [0.05, 0.1) is 0 Å².